The van der Waals surface area contributed by atoms with Gasteiger partial charge in [0, 0.05) is 35.1 Å². The maximum absolute atomic E-state index is 4.80. The Bertz CT molecular complexity index is 423. The van der Waals surface area contributed by atoms with Crippen LogP contribution < -0.4 is 5.32 Å². The highest BCUT2D eigenvalue weighted by Crippen LogP contribution is 2.41. The van der Waals surface area contributed by atoms with Crippen molar-refractivity contribution in [2.24, 2.45) is 0 Å². The molecule has 2 atom stereocenters. The Balaban J connectivity index is 2.31. The van der Waals surface area contributed by atoms with E-state index in [2.05, 4.69) is 39.1 Å². The van der Waals surface area contributed by atoms with E-state index in [4.69, 9.17) is 9.97 Å². The highest BCUT2D eigenvalue weighted by Gasteiger charge is 2.27. The van der Waals surface area contributed by atoms with Crippen molar-refractivity contribution in [2.75, 3.05) is 23.4 Å². The van der Waals surface area contributed by atoms with Crippen LogP contribution >= 0.6 is 23.5 Å². The Morgan fingerprint density at radius 2 is 2.05 bits per heavy atom. The van der Waals surface area contributed by atoms with Gasteiger partial charge in [0.25, 0.3) is 0 Å². The molecule has 5 heteroatoms. The molecule has 1 fully saturated rings. The second kappa shape index (κ2) is 6.84. The van der Waals surface area contributed by atoms with E-state index in [1.165, 1.54) is 11.5 Å². The lowest BCUT2D eigenvalue weighted by molar-refractivity contribution is 0.759. The first-order valence-corrected chi connectivity index (χ1v) is 9.07. The Morgan fingerprint density at radius 3 is 2.68 bits per heavy atom. The molecule has 1 aromatic rings. The first-order valence-electron chi connectivity index (χ1n) is 6.97. The third-order valence-electron chi connectivity index (χ3n) is 3.15. The van der Waals surface area contributed by atoms with Crippen molar-refractivity contribution in [3.8, 4) is 0 Å². The number of nitrogens with one attached hydrogen (secondary N) is 1. The molecule has 0 radical (unpaired) electrons. The number of hydrogen-bond donors (Lipinski definition) is 1. The molecule has 1 aliphatic rings. The second-order valence-corrected chi connectivity index (χ2v) is 7.82. The standard InChI is InChI=1S/C14H23N3S2/c1-5-15-12-8-11(9(2)3)16-14(17-12)13-10(4)18-6-7-19-13/h8-10,13H,5-7H2,1-4H3,(H,15,16,17). The summed E-state index contributed by atoms with van der Waals surface area (Å²) in [5.74, 6) is 4.86. The largest absolute Gasteiger partial charge is 0.370 e. The van der Waals surface area contributed by atoms with Gasteiger partial charge in [0.1, 0.15) is 11.6 Å². The SMILES string of the molecule is CCNc1cc(C(C)C)nc(C2SCCSC2C)n1. The van der Waals surface area contributed by atoms with Gasteiger partial charge in [-0.15, -0.1) is 11.8 Å². The van der Waals surface area contributed by atoms with Crippen LogP contribution in [0.25, 0.3) is 0 Å². The normalized spacial score (nSPS) is 23.6. The quantitative estimate of drug-likeness (QED) is 0.911. The number of thioether (sulfide) groups is 2. The molecule has 106 valence electrons. The second-order valence-electron chi connectivity index (χ2n) is 5.09. The van der Waals surface area contributed by atoms with Crippen molar-refractivity contribution in [1.82, 2.24) is 9.97 Å². The average molecular weight is 297 g/mol. The number of nitrogens with zero attached hydrogens (tertiary/aromatic N) is 2. The summed E-state index contributed by atoms with van der Waals surface area (Å²) in [6, 6.07) is 2.09. The summed E-state index contributed by atoms with van der Waals surface area (Å²) in [6.45, 7) is 9.67. The zero-order chi connectivity index (χ0) is 13.8. The molecule has 3 nitrogen and oxygen atoms in total. The van der Waals surface area contributed by atoms with E-state index in [9.17, 15) is 0 Å². The first-order chi connectivity index (χ1) is 9.11. The average Bonchev–Trinajstić information content (AvgIpc) is 2.39. The summed E-state index contributed by atoms with van der Waals surface area (Å²) in [4.78, 5) is 9.53. The van der Waals surface area contributed by atoms with Crippen LogP contribution in [0.5, 0.6) is 0 Å². The van der Waals surface area contributed by atoms with Crippen LogP contribution in [0, 0.1) is 0 Å². The van der Waals surface area contributed by atoms with Crippen LogP contribution in [-0.2, 0) is 0 Å². The molecule has 0 bridgehead atoms. The van der Waals surface area contributed by atoms with Gasteiger partial charge >= 0.3 is 0 Å². The molecule has 0 spiro atoms. The van der Waals surface area contributed by atoms with Crippen LogP contribution in [0.1, 0.15) is 50.4 Å². The summed E-state index contributed by atoms with van der Waals surface area (Å²) >= 11 is 4.03. The highest BCUT2D eigenvalue weighted by atomic mass is 32.2. The fourth-order valence-corrected chi connectivity index (χ4v) is 4.79. The van der Waals surface area contributed by atoms with Crippen LogP contribution in [-0.4, -0.2) is 33.3 Å². The molecular formula is C14H23N3S2. The predicted octanol–water partition coefficient (Wildman–Crippen LogP) is 3.94. The number of hydrogen-bond acceptors (Lipinski definition) is 5. The Labute approximate surface area is 124 Å². The predicted molar refractivity (Wildman–Crippen MR) is 87.4 cm³/mol. The van der Waals surface area contributed by atoms with E-state index < -0.39 is 0 Å². The van der Waals surface area contributed by atoms with Crippen molar-refractivity contribution in [1.29, 1.82) is 0 Å². The zero-order valence-electron chi connectivity index (χ0n) is 12.1. The molecule has 2 rings (SSSR count). The molecule has 19 heavy (non-hydrogen) atoms. The van der Waals surface area contributed by atoms with Gasteiger partial charge in [-0.1, -0.05) is 20.8 Å². The van der Waals surface area contributed by atoms with E-state index in [0.717, 1.165) is 23.9 Å². The molecule has 1 aliphatic heterocycles. The molecule has 0 amide bonds. The summed E-state index contributed by atoms with van der Waals surface area (Å²) in [5.41, 5.74) is 1.14. The summed E-state index contributed by atoms with van der Waals surface area (Å²) in [6.07, 6.45) is 0. The number of rotatable bonds is 4. The van der Waals surface area contributed by atoms with Crippen LogP contribution in [0.2, 0.25) is 0 Å². The van der Waals surface area contributed by atoms with Crippen molar-refractivity contribution in [3.05, 3.63) is 17.6 Å². The third kappa shape index (κ3) is 3.78. The summed E-state index contributed by atoms with van der Waals surface area (Å²) in [7, 11) is 0. The molecule has 1 N–H and O–H groups in total. The van der Waals surface area contributed by atoms with Gasteiger partial charge in [0.2, 0.25) is 0 Å². The van der Waals surface area contributed by atoms with E-state index in [1.807, 2.05) is 23.5 Å². The Morgan fingerprint density at radius 1 is 1.32 bits per heavy atom. The van der Waals surface area contributed by atoms with Crippen molar-refractivity contribution < 1.29 is 0 Å². The van der Waals surface area contributed by atoms with Crippen LogP contribution in [0.4, 0.5) is 5.82 Å². The van der Waals surface area contributed by atoms with Gasteiger partial charge in [0.15, 0.2) is 0 Å². The van der Waals surface area contributed by atoms with Gasteiger partial charge in [-0.3, -0.25) is 0 Å². The minimum Gasteiger partial charge on any atom is -0.370 e. The topological polar surface area (TPSA) is 37.8 Å². The smallest absolute Gasteiger partial charge is 0.145 e. The lowest BCUT2D eigenvalue weighted by atomic mass is 10.1. The number of aromatic nitrogens is 2. The lowest BCUT2D eigenvalue weighted by Gasteiger charge is -2.27. The molecule has 2 unspecified atom stereocenters. The van der Waals surface area contributed by atoms with Gasteiger partial charge in [-0.05, 0) is 12.8 Å². The fraction of sp³-hybridized carbons (Fsp3) is 0.714. The van der Waals surface area contributed by atoms with Gasteiger partial charge in [-0.25, -0.2) is 9.97 Å². The fourth-order valence-electron chi connectivity index (χ4n) is 2.10. The molecule has 0 aromatic carbocycles. The van der Waals surface area contributed by atoms with Gasteiger partial charge in [-0.2, -0.15) is 11.8 Å². The van der Waals surface area contributed by atoms with E-state index in [0.29, 0.717) is 16.4 Å². The zero-order valence-corrected chi connectivity index (χ0v) is 13.8. The van der Waals surface area contributed by atoms with Crippen molar-refractivity contribution in [3.63, 3.8) is 0 Å². The Kier molecular flexibility index (Phi) is 5.39. The third-order valence-corrected chi connectivity index (χ3v) is 6.24. The van der Waals surface area contributed by atoms with Crippen molar-refractivity contribution in [2.45, 2.75) is 44.1 Å². The maximum atomic E-state index is 4.80. The Hall–Kier alpha value is -0.420. The van der Waals surface area contributed by atoms with E-state index in [-0.39, 0.29) is 0 Å². The maximum Gasteiger partial charge on any atom is 0.145 e. The molecule has 1 aromatic heterocycles. The highest BCUT2D eigenvalue weighted by molar-refractivity contribution is 8.06. The first kappa shape index (κ1) is 15.0. The molecule has 2 heterocycles. The van der Waals surface area contributed by atoms with E-state index >= 15 is 0 Å². The molecular weight excluding hydrogens is 274 g/mol. The minimum absolute atomic E-state index is 0.426. The summed E-state index contributed by atoms with van der Waals surface area (Å²) < 4.78 is 0. The molecule has 0 saturated carbocycles. The van der Waals surface area contributed by atoms with Gasteiger partial charge < -0.3 is 5.32 Å². The van der Waals surface area contributed by atoms with E-state index in [1.54, 1.807) is 0 Å². The van der Waals surface area contributed by atoms with Gasteiger partial charge in [0.05, 0.1) is 5.25 Å². The molecule has 0 aliphatic carbocycles. The lowest BCUT2D eigenvalue weighted by Crippen LogP contribution is -2.19. The van der Waals surface area contributed by atoms with Crippen molar-refractivity contribution >= 4 is 29.3 Å². The monoisotopic (exact) mass is 297 g/mol. The minimum atomic E-state index is 0.426. The summed E-state index contributed by atoms with van der Waals surface area (Å²) in [5, 5.41) is 4.35. The molecule has 1 saturated heterocycles. The van der Waals surface area contributed by atoms with Crippen LogP contribution in [0.15, 0.2) is 6.07 Å². The number of anilines is 1. The van der Waals surface area contributed by atoms with Crippen LogP contribution in [0.3, 0.4) is 0 Å².